The highest BCUT2D eigenvalue weighted by Crippen LogP contribution is 2.34. The SMILES string of the molecule is CCn1ccnc1[C@@H]1OCC[C@H]1CNc1ccncc1Cl. The van der Waals surface area contributed by atoms with Gasteiger partial charge in [-0.3, -0.25) is 4.98 Å². The van der Waals surface area contributed by atoms with Gasteiger partial charge in [-0.2, -0.15) is 0 Å². The van der Waals surface area contributed by atoms with E-state index in [-0.39, 0.29) is 6.10 Å². The van der Waals surface area contributed by atoms with Gasteiger partial charge in [0.1, 0.15) is 11.9 Å². The van der Waals surface area contributed by atoms with Crippen LogP contribution in [0.3, 0.4) is 0 Å². The second-order valence-electron chi connectivity index (χ2n) is 5.15. The van der Waals surface area contributed by atoms with Gasteiger partial charge in [-0.1, -0.05) is 11.6 Å². The van der Waals surface area contributed by atoms with Crippen LogP contribution in [0.4, 0.5) is 5.69 Å². The van der Waals surface area contributed by atoms with E-state index in [1.165, 1.54) is 0 Å². The smallest absolute Gasteiger partial charge is 0.138 e. The van der Waals surface area contributed by atoms with Crippen LogP contribution in [-0.2, 0) is 11.3 Å². The monoisotopic (exact) mass is 306 g/mol. The zero-order valence-corrected chi connectivity index (χ0v) is 12.8. The van der Waals surface area contributed by atoms with Crippen molar-refractivity contribution in [2.75, 3.05) is 18.5 Å². The number of halogens is 1. The minimum absolute atomic E-state index is 0.0491. The molecule has 21 heavy (non-hydrogen) atoms. The molecule has 0 unspecified atom stereocenters. The summed E-state index contributed by atoms with van der Waals surface area (Å²) < 4.78 is 8.04. The van der Waals surface area contributed by atoms with E-state index in [1.807, 2.05) is 18.5 Å². The maximum atomic E-state index is 6.12. The van der Waals surface area contributed by atoms with Crippen LogP contribution in [0.2, 0.25) is 5.02 Å². The van der Waals surface area contributed by atoms with Gasteiger partial charge in [-0.25, -0.2) is 4.98 Å². The number of nitrogens with one attached hydrogen (secondary N) is 1. The maximum Gasteiger partial charge on any atom is 0.138 e. The van der Waals surface area contributed by atoms with Crippen molar-refractivity contribution in [3.05, 3.63) is 41.7 Å². The molecular formula is C15H19ClN4O. The Morgan fingerprint density at radius 3 is 3.19 bits per heavy atom. The molecule has 1 saturated heterocycles. The molecule has 3 rings (SSSR count). The first-order valence-electron chi connectivity index (χ1n) is 7.25. The van der Waals surface area contributed by atoms with Crippen LogP contribution < -0.4 is 5.32 Å². The zero-order valence-electron chi connectivity index (χ0n) is 12.0. The lowest BCUT2D eigenvalue weighted by Gasteiger charge is -2.20. The lowest BCUT2D eigenvalue weighted by molar-refractivity contribution is 0.0832. The lowest BCUT2D eigenvalue weighted by atomic mass is 10.0. The minimum atomic E-state index is 0.0491. The van der Waals surface area contributed by atoms with Gasteiger partial charge in [0.2, 0.25) is 0 Å². The summed E-state index contributed by atoms with van der Waals surface area (Å²) in [7, 11) is 0. The standard InChI is InChI=1S/C15H19ClN4O/c1-2-20-7-6-18-15(20)14-11(4-8-21-14)9-19-13-3-5-17-10-12(13)16/h3,5-7,10-11,14H,2,4,8-9H2,1H3,(H,17,19)/t11-,14+/m0/s1. The Bertz CT molecular complexity index is 601. The Labute approximate surface area is 129 Å². The number of pyridine rings is 1. The number of nitrogens with zero attached hydrogens (tertiary/aromatic N) is 3. The summed E-state index contributed by atoms with van der Waals surface area (Å²) in [6.45, 7) is 4.61. The fraction of sp³-hybridized carbons (Fsp3) is 0.467. The van der Waals surface area contributed by atoms with Gasteiger partial charge >= 0.3 is 0 Å². The van der Waals surface area contributed by atoms with E-state index < -0.39 is 0 Å². The van der Waals surface area contributed by atoms with Crippen molar-refractivity contribution in [1.82, 2.24) is 14.5 Å². The third-order valence-electron chi connectivity index (χ3n) is 3.88. The van der Waals surface area contributed by atoms with Gasteiger partial charge in [0.15, 0.2) is 0 Å². The van der Waals surface area contributed by atoms with Crippen LogP contribution in [-0.4, -0.2) is 27.7 Å². The predicted octanol–water partition coefficient (Wildman–Crippen LogP) is 3.14. The first kappa shape index (κ1) is 14.4. The summed E-state index contributed by atoms with van der Waals surface area (Å²) in [5, 5.41) is 4.04. The van der Waals surface area contributed by atoms with Crippen molar-refractivity contribution in [1.29, 1.82) is 0 Å². The Balaban J connectivity index is 1.69. The Morgan fingerprint density at radius 1 is 1.48 bits per heavy atom. The highest BCUT2D eigenvalue weighted by atomic mass is 35.5. The first-order valence-corrected chi connectivity index (χ1v) is 7.63. The number of aryl methyl sites for hydroxylation is 1. The molecule has 6 heteroatoms. The molecule has 1 fully saturated rings. The molecule has 0 bridgehead atoms. The molecule has 1 aliphatic heterocycles. The summed E-state index contributed by atoms with van der Waals surface area (Å²) in [5.41, 5.74) is 0.913. The van der Waals surface area contributed by atoms with Crippen molar-refractivity contribution in [3.8, 4) is 0 Å². The van der Waals surface area contributed by atoms with Gasteiger partial charge in [-0.15, -0.1) is 0 Å². The van der Waals surface area contributed by atoms with E-state index in [2.05, 4.69) is 26.8 Å². The van der Waals surface area contributed by atoms with E-state index in [1.54, 1.807) is 12.4 Å². The first-order chi connectivity index (χ1) is 10.3. The molecular weight excluding hydrogens is 288 g/mol. The molecule has 2 aromatic rings. The number of anilines is 1. The van der Waals surface area contributed by atoms with E-state index in [9.17, 15) is 0 Å². The molecule has 0 radical (unpaired) electrons. The zero-order chi connectivity index (χ0) is 14.7. The fourth-order valence-electron chi connectivity index (χ4n) is 2.73. The van der Waals surface area contributed by atoms with Crippen LogP contribution in [0.5, 0.6) is 0 Å². The summed E-state index contributed by atoms with van der Waals surface area (Å²) in [4.78, 5) is 8.46. The number of hydrogen-bond donors (Lipinski definition) is 1. The number of rotatable bonds is 5. The highest BCUT2D eigenvalue weighted by Gasteiger charge is 2.32. The van der Waals surface area contributed by atoms with Crippen molar-refractivity contribution in [2.45, 2.75) is 26.0 Å². The number of ether oxygens (including phenoxy) is 1. The Kier molecular flexibility index (Phi) is 4.41. The average molecular weight is 307 g/mol. The molecule has 112 valence electrons. The number of hydrogen-bond acceptors (Lipinski definition) is 4. The van der Waals surface area contributed by atoms with Crippen LogP contribution in [0, 0.1) is 5.92 Å². The Hall–Kier alpha value is -1.59. The summed E-state index contributed by atoms with van der Waals surface area (Å²) >= 11 is 6.12. The quantitative estimate of drug-likeness (QED) is 0.922. The molecule has 3 heterocycles. The van der Waals surface area contributed by atoms with E-state index in [0.29, 0.717) is 10.9 Å². The topological polar surface area (TPSA) is 52.0 Å². The predicted molar refractivity (Wildman–Crippen MR) is 82.4 cm³/mol. The summed E-state index contributed by atoms with van der Waals surface area (Å²) in [5.74, 6) is 1.41. The van der Waals surface area contributed by atoms with Crippen LogP contribution in [0.15, 0.2) is 30.9 Å². The van der Waals surface area contributed by atoms with E-state index in [4.69, 9.17) is 16.3 Å². The maximum absolute atomic E-state index is 6.12. The van der Waals surface area contributed by atoms with Crippen molar-refractivity contribution < 1.29 is 4.74 Å². The van der Waals surface area contributed by atoms with Gasteiger partial charge in [-0.05, 0) is 19.4 Å². The Morgan fingerprint density at radius 2 is 2.38 bits per heavy atom. The average Bonchev–Trinajstić information content (AvgIpc) is 3.14. The van der Waals surface area contributed by atoms with E-state index in [0.717, 1.165) is 37.6 Å². The molecule has 2 atom stereocenters. The highest BCUT2D eigenvalue weighted by molar-refractivity contribution is 6.33. The van der Waals surface area contributed by atoms with Crippen LogP contribution in [0.25, 0.3) is 0 Å². The normalized spacial score (nSPS) is 21.6. The molecule has 0 spiro atoms. The second-order valence-corrected chi connectivity index (χ2v) is 5.56. The molecule has 2 aromatic heterocycles. The molecule has 5 nitrogen and oxygen atoms in total. The second kappa shape index (κ2) is 6.45. The number of imidazole rings is 1. The van der Waals surface area contributed by atoms with Crippen LogP contribution in [0.1, 0.15) is 25.3 Å². The molecule has 0 aromatic carbocycles. The molecule has 0 saturated carbocycles. The van der Waals surface area contributed by atoms with Gasteiger partial charge in [0, 0.05) is 50.4 Å². The third-order valence-corrected chi connectivity index (χ3v) is 4.19. The van der Waals surface area contributed by atoms with E-state index >= 15 is 0 Å². The van der Waals surface area contributed by atoms with Crippen molar-refractivity contribution in [3.63, 3.8) is 0 Å². The molecule has 1 N–H and O–H groups in total. The molecule has 0 aliphatic carbocycles. The van der Waals surface area contributed by atoms with Gasteiger partial charge < -0.3 is 14.6 Å². The largest absolute Gasteiger partial charge is 0.383 e. The third kappa shape index (κ3) is 3.04. The fourth-order valence-corrected chi connectivity index (χ4v) is 2.92. The minimum Gasteiger partial charge on any atom is -0.383 e. The lowest BCUT2D eigenvalue weighted by Crippen LogP contribution is -2.20. The van der Waals surface area contributed by atoms with Crippen LogP contribution >= 0.6 is 11.6 Å². The van der Waals surface area contributed by atoms with Crippen molar-refractivity contribution in [2.24, 2.45) is 5.92 Å². The number of aromatic nitrogens is 3. The molecule has 1 aliphatic rings. The molecule has 0 amide bonds. The van der Waals surface area contributed by atoms with Gasteiger partial charge in [0.05, 0.1) is 10.7 Å². The van der Waals surface area contributed by atoms with Gasteiger partial charge in [0.25, 0.3) is 0 Å². The van der Waals surface area contributed by atoms with Crippen molar-refractivity contribution >= 4 is 17.3 Å². The summed E-state index contributed by atoms with van der Waals surface area (Å²) in [6, 6.07) is 1.89. The summed E-state index contributed by atoms with van der Waals surface area (Å²) in [6.07, 6.45) is 8.30.